The Morgan fingerprint density at radius 3 is 2.89 bits per heavy atom. The molecule has 0 spiro atoms. The molecule has 0 amide bonds. The average Bonchev–Trinajstić information content (AvgIpc) is 2.85. The van der Waals surface area contributed by atoms with E-state index in [2.05, 4.69) is 48.9 Å². The zero-order chi connectivity index (χ0) is 13.7. The summed E-state index contributed by atoms with van der Waals surface area (Å²) >= 11 is 6.94. The molecule has 19 heavy (non-hydrogen) atoms. The van der Waals surface area contributed by atoms with Crippen molar-refractivity contribution < 1.29 is 4.74 Å². The first kappa shape index (κ1) is 14.5. The van der Waals surface area contributed by atoms with E-state index in [0.717, 1.165) is 34.3 Å². The highest BCUT2D eigenvalue weighted by atomic mass is 79.9. The van der Waals surface area contributed by atoms with Crippen LogP contribution in [0.25, 0.3) is 0 Å². The van der Waals surface area contributed by atoms with Crippen LogP contribution in [0.4, 0.5) is 0 Å². The molecule has 1 aromatic heterocycles. The molecule has 4 nitrogen and oxygen atoms in total. The monoisotopic (exact) mass is 387 g/mol. The third-order valence-corrected chi connectivity index (χ3v) is 3.91. The van der Waals surface area contributed by atoms with E-state index in [1.54, 1.807) is 6.33 Å². The normalized spacial score (nSPS) is 10.7. The molecule has 2 aromatic rings. The van der Waals surface area contributed by atoms with Gasteiger partial charge in [-0.15, -0.1) is 0 Å². The van der Waals surface area contributed by atoms with Crippen LogP contribution in [0.1, 0.15) is 24.7 Å². The van der Waals surface area contributed by atoms with Gasteiger partial charge in [0.05, 0.1) is 4.47 Å². The highest BCUT2D eigenvalue weighted by Gasteiger charge is 2.07. The van der Waals surface area contributed by atoms with E-state index < -0.39 is 0 Å². The van der Waals surface area contributed by atoms with Gasteiger partial charge in [-0.25, -0.2) is 9.67 Å². The van der Waals surface area contributed by atoms with Crippen LogP contribution in [0.5, 0.6) is 5.75 Å². The van der Waals surface area contributed by atoms with Gasteiger partial charge in [-0.1, -0.05) is 28.9 Å². The summed E-state index contributed by atoms with van der Waals surface area (Å²) in [5.74, 6) is 1.66. The van der Waals surface area contributed by atoms with Gasteiger partial charge in [-0.05, 0) is 40.0 Å². The van der Waals surface area contributed by atoms with E-state index in [9.17, 15) is 0 Å². The predicted molar refractivity (Wildman–Crippen MR) is 81.4 cm³/mol. The molecule has 0 radical (unpaired) electrons. The number of hydrogen-bond donors (Lipinski definition) is 0. The average molecular weight is 389 g/mol. The Morgan fingerprint density at radius 2 is 2.21 bits per heavy atom. The number of hydrogen-bond acceptors (Lipinski definition) is 3. The molecule has 102 valence electrons. The topological polar surface area (TPSA) is 39.9 Å². The highest BCUT2D eigenvalue weighted by Crippen LogP contribution is 2.27. The van der Waals surface area contributed by atoms with Crippen molar-refractivity contribution in [3.63, 3.8) is 0 Å². The van der Waals surface area contributed by atoms with Crippen LogP contribution < -0.4 is 4.74 Å². The minimum absolute atomic E-state index is 0.423. The van der Waals surface area contributed by atoms with E-state index >= 15 is 0 Å². The van der Waals surface area contributed by atoms with Gasteiger partial charge in [-0.3, -0.25) is 0 Å². The second kappa shape index (κ2) is 7.05. The Hall–Kier alpha value is -0.880. The van der Waals surface area contributed by atoms with Gasteiger partial charge >= 0.3 is 0 Å². The Kier molecular flexibility index (Phi) is 5.39. The fraction of sp³-hybridized carbons (Fsp3) is 0.385. The summed E-state index contributed by atoms with van der Waals surface area (Å²) in [6.45, 7) is 3.40. The lowest BCUT2D eigenvalue weighted by Gasteiger charge is -2.09. The van der Waals surface area contributed by atoms with Crippen molar-refractivity contribution in [1.29, 1.82) is 0 Å². The van der Waals surface area contributed by atoms with E-state index in [-0.39, 0.29) is 0 Å². The van der Waals surface area contributed by atoms with Gasteiger partial charge < -0.3 is 4.74 Å². The molecule has 0 bridgehead atoms. The molecule has 1 aromatic carbocycles. The Morgan fingerprint density at radius 1 is 1.37 bits per heavy atom. The highest BCUT2D eigenvalue weighted by molar-refractivity contribution is 9.10. The molecular formula is C13H15Br2N3O. The number of nitrogens with zero attached hydrogens (tertiary/aromatic N) is 3. The summed E-state index contributed by atoms with van der Waals surface area (Å²) in [5.41, 5.74) is 1.20. The lowest BCUT2D eigenvalue weighted by atomic mass is 10.2. The van der Waals surface area contributed by atoms with Crippen LogP contribution in [-0.2, 0) is 18.5 Å². The van der Waals surface area contributed by atoms with Crippen LogP contribution >= 0.6 is 31.9 Å². The van der Waals surface area contributed by atoms with Crippen LogP contribution in [0.2, 0.25) is 0 Å². The summed E-state index contributed by atoms with van der Waals surface area (Å²) in [5, 5.41) is 5.01. The smallest absolute Gasteiger partial charge is 0.164 e. The van der Waals surface area contributed by atoms with Gasteiger partial charge in [0.25, 0.3) is 0 Å². The standard InChI is InChI=1S/C13H15Br2N3O/c1-2-5-18-13(16-9-17-18)8-19-12-4-3-10(7-14)6-11(12)15/h3-4,6,9H,2,5,7-8H2,1H3. The molecule has 0 N–H and O–H groups in total. The lowest BCUT2D eigenvalue weighted by Crippen LogP contribution is -2.08. The minimum Gasteiger partial charge on any atom is -0.484 e. The van der Waals surface area contributed by atoms with E-state index in [4.69, 9.17) is 4.74 Å². The van der Waals surface area contributed by atoms with E-state index in [0.29, 0.717) is 6.61 Å². The summed E-state index contributed by atoms with van der Waals surface area (Å²) in [6, 6.07) is 6.04. The molecule has 0 aliphatic heterocycles. The maximum Gasteiger partial charge on any atom is 0.164 e. The minimum atomic E-state index is 0.423. The molecule has 0 atom stereocenters. The second-order valence-corrected chi connectivity index (χ2v) is 5.50. The van der Waals surface area contributed by atoms with Gasteiger partial charge in [0, 0.05) is 11.9 Å². The Balaban J connectivity index is 2.04. The summed E-state index contributed by atoms with van der Waals surface area (Å²) in [4.78, 5) is 4.22. The zero-order valence-corrected chi connectivity index (χ0v) is 13.8. The lowest BCUT2D eigenvalue weighted by molar-refractivity contribution is 0.284. The maximum atomic E-state index is 5.78. The van der Waals surface area contributed by atoms with Crippen molar-refractivity contribution in [3.8, 4) is 5.75 Å². The number of aromatic nitrogens is 3. The molecular weight excluding hydrogens is 374 g/mol. The van der Waals surface area contributed by atoms with Crippen LogP contribution in [0.15, 0.2) is 29.0 Å². The second-order valence-electron chi connectivity index (χ2n) is 4.09. The van der Waals surface area contributed by atoms with E-state index in [1.165, 1.54) is 5.56 Å². The molecule has 0 fully saturated rings. The van der Waals surface area contributed by atoms with Gasteiger partial charge in [0.15, 0.2) is 5.82 Å². The molecule has 0 unspecified atom stereocenters. The first-order chi connectivity index (χ1) is 9.24. The molecule has 2 rings (SSSR count). The molecule has 6 heteroatoms. The van der Waals surface area contributed by atoms with Crippen molar-refractivity contribution in [2.75, 3.05) is 0 Å². The summed E-state index contributed by atoms with van der Waals surface area (Å²) < 4.78 is 8.61. The van der Waals surface area contributed by atoms with E-state index in [1.807, 2.05) is 22.9 Å². The Bertz CT molecular complexity index is 542. The van der Waals surface area contributed by atoms with Gasteiger partial charge in [-0.2, -0.15) is 5.10 Å². The van der Waals surface area contributed by atoms with Gasteiger partial charge in [0.2, 0.25) is 0 Å². The SMILES string of the molecule is CCCn1ncnc1COc1ccc(CBr)cc1Br. The van der Waals surface area contributed by atoms with Crippen LogP contribution in [0.3, 0.4) is 0 Å². The quantitative estimate of drug-likeness (QED) is 0.704. The number of rotatable bonds is 6. The van der Waals surface area contributed by atoms with Crippen molar-refractivity contribution in [1.82, 2.24) is 14.8 Å². The fourth-order valence-electron chi connectivity index (χ4n) is 1.69. The molecule has 0 saturated carbocycles. The van der Waals surface area contributed by atoms with Crippen molar-refractivity contribution in [3.05, 3.63) is 40.4 Å². The van der Waals surface area contributed by atoms with Crippen molar-refractivity contribution in [2.24, 2.45) is 0 Å². The van der Waals surface area contributed by atoms with Crippen molar-refractivity contribution in [2.45, 2.75) is 31.8 Å². The number of ether oxygens (including phenoxy) is 1. The molecule has 1 heterocycles. The number of benzene rings is 1. The van der Waals surface area contributed by atoms with Crippen LogP contribution in [0, 0.1) is 0 Å². The number of alkyl halides is 1. The van der Waals surface area contributed by atoms with Crippen molar-refractivity contribution >= 4 is 31.9 Å². The predicted octanol–water partition coefficient (Wildman–Crippen LogP) is 3.92. The summed E-state index contributed by atoms with van der Waals surface area (Å²) in [7, 11) is 0. The fourth-order valence-corrected chi connectivity index (χ4v) is 2.57. The first-order valence-corrected chi connectivity index (χ1v) is 8.00. The Labute approximate surface area is 129 Å². The molecule has 0 saturated heterocycles. The maximum absolute atomic E-state index is 5.78. The zero-order valence-electron chi connectivity index (χ0n) is 10.6. The summed E-state index contributed by atoms with van der Waals surface area (Å²) in [6.07, 6.45) is 2.59. The number of aryl methyl sites for hydroxylation is 1. The first-order valence-electron chi connectivity index (χ1n) is 6.08. The van der Waals surface area contributed by atoms with Gasteiger partial charge in [0.1, 0.15) is 18.7 Å². The third kappa shape index (κ3) is 3.79. The number of halogens is 2. The third-order valence-electron chi connectivity index (χ3n) is 2.64. The largest absolute Gasteiger partial charge is 0.484 e. The molecule has 0 aliphatic rings. The molecule has 0 aliphatic carbocycles. The van der Waals surface area contributed by atoms with Crippen LogP contribution in [-0.4, -0.2) is 14.8 Å².